The normalized spacial score (nSPS) is 13.1. The Hall–Kier alpha value is -0.250. The fraction of sp³-hybridized carbons (Fsp3) is 0.500. The lowest BCUT2D eigenvalue weighted by atomic mass is 10.1. The summed E-state index contributed by atoms with van der Waals surface area (Å²) < 4.78 is 13.0. The number of halogens is 2. The van der Waals surface area contributed by atoms with Gasteiger partial charge < -0.3 is 5.11 Å². The van der Waals surface area contributed by atoms with Crippen LogP contribution in [0, 0.1) is 5.82 Å². The molecule has 0 saturated carbocycles. The van der Waals surface area contributed by atoms with Gasteiger partial charge in [-0.05, 0) is 29.0 Å². The maximum atomic E-state index is 13.0. The van der Waals surface area contributed by atoms with Gasteiger partial charge in [0.15, 0.2) is 0 Å². The topological polar surface area (TPSA) is 20.2 Å². The van der Waals surface area contributed by atoms with Gasteiger partial charge in [0.05, 0.1) is 6.10 Å². The first-order valence-electron chi connectivity index (χ1n) is 5.22. The van der Waals surface area contributed by atoms with Crippen molar-refractivity contribution < 1.29 is 9.50 Å². The Morgan fingerprint density at radius 2 is 2.12 bits per heavy atom. The highest BCUT2D eigenvalue weighted by molar-refractivity contribution is 7.99. The fourth-order valence-electron chi connectivity index (χ4n) is 1.32. The summed E-state index contributed by atoms with van der Waals surface area (Å²) in [4.78, 5) is 0. The van der Waals surface area contributed by atoms with E-state index in [4.69, 9.17) is 11.6 Å². The second-order valence-electron chi connectivity index (χ2n) is 3.98. The largest absolute Gasteiger partial charge is 0.392 e. The minimum atomic E-state index is -0.480. The molecule has 0 aliphatic heterocycles. The summed E-state index contributed by atoms with van der Waals surface area (Å²) in [6.45, 7) is 4.15. The summed E-state index contributed by atoms with van der Waals surface area (Å²) in [6, 6.07) is 4.22. The van der Waals surface area contributed by atoms with Gasteiger partial charge in [0.25, 0.3) is 0 Å². The molecule has 1 N–H and O–H groups in total. The van der Waals surface area contributed by atoms with Gasteiger partial charge in [-0.15, -0.1) is 0 Å². The molecule has 0 aliphatic carbocycles. The van der Waals surface area contributed by atoms with Crippen LogP contribution >= 0.6 is 23.4 Å². The Kier molecular flexibility index (Phi) is 5.59. The van der Waals surface area contributed by atoms with E-state index in [2.05, 4.69) is 13.8 Å². The zero-order valence-corrected chi connectivity index (χ0v) is 11.0. The van der Waals surface area contributed by atoms with Crippen LogP contribution in [0.2, 0.25) is 5.02 Å². The summed E-state index contributed by atoms with van der Waals surface area (Å²) >= 11 is 7.60. The molecule has 0 heterocycles. The molecular formula is C12H16ClFOS. The van der Waals surface area contributed by atoms with Crippen molar-refractivity contribution in [3.05, 3.63) is 34.6 Å². The summed E-state index contributed by atoms with van der Waals surface area (Å²) in [5.41, 5.74) is 0.665. The Labute approximate surface area is 105 Å². The van der Waals surface area contributed by atoms with Crippen LogP contribution in [0.15, 0.2) is 18.2 Å². The van der Waals surface area contributed by atoms with Crippen LogP contribution in [0.4, 0.5) is 4.39 Å². The third-order valence-electron chi connectivity index (χ3n) is 2.09. The minimum Gasteiger partial charge on any atom is -0.392 e. The van der Waals surface area contributed by atoms with Crippen molar-refractivity contribution in [1.82, 2.24) is 0 Å². The number of thioether (sulfide) groups is 1. The summed E-state index contributed by atoms with van der Waals surface area (Å²) in [5.74, 6) is 0.327. The number of aliphatic hydroxyl groups excluding tert-OH is 1. The molecule has 1 nitrogen and oxygen atoms in total. The van der Waals surface area contributed by atoms with Gasteiger partial charge in [0.2, 0.25) is 0 Å². The first kappa shape index (κ1) is 13.8. The molecule has 0 saturated heterocycles. The molecule has 1 unspecified atom stereocenters. The molecular weight excluding hydrogens is 247 g/mol. The van der Waals surface area contributed by atoms with E-state index in [1.165, 1.54) is 18.2 Å². The Morgan fingerprint density at radius 1 is 1.44 bits per heavy atom. The molecule has 1 aromatic carbocycles. The van der Waals surface area contributed by atoms with Crippen LogP contribution in [0.5, 0.6) is 0 Å². The number of hydrogen-bond donors (Lipinski definition) is 1. The third-order valence-corrected chi connectivity index (χ3v) is 3.70. The van der Waals surface area contributed by atoms with E-state index in [0.717, 1.165) is 0 Å². The molecule has 0 spiro atoms. The Balaban J connectivity index is 2.55. The van der Waals surface area contributed by atoms with Crippen molar-refractivity contribution in [1.29, 1.82) is 0 Å². The van der Waals surface area contributed by atoms with Crippen molar-refractivity contribution >= 4 is 23.4 Å². The average molecular weight is 263 g/mol. The van der Waals surface area contributed by atoms with Gasteiger partial charge in [-0.1, -0.05) is 25.4 Å². The van der Waals surface area contributed by atoms with E-state index >= 15 is 0 Å². The second kappa shape index (κ2) is 6.48. The van der Waals surface area contributed by atoms with Crippen LogP contribution in [0.1, 0.15) is 19.4 Å². The number of aliphatic hydroxyl groups is 1. The molecule has 1 atom stereocenters. The maximum Gasteiger partial charge on any atom is 0.123 e. The van der Waals surface area contributed by atoms with E-state index in [9.17, 15) is 9.50 Å². The van der Waals surface area contributed by atoms with E-state index in [1.54, 1.807) is 11.8 Å². The lowest BCUT2D eigenvalue weighted by Gasteiger charge is -2.13. The van der Waals surface area contributed by atoms with E-state index in [0.29, 0.717) is 28.0 Å². The van der Waals surface area contributed by atoms with Crippen LogP contribution in [-0.2, 0) is 6.42 Å². The summed E-state index contributed by atoms with van der Waals surface area (Å²) in [6.07, 6.45) is -0.0808. The molecule has 0 fully saturated rings. The highest BCUT2D eigenvalue weighted by Crippen LogP contribution is 2.20. The molecule has 4 heteroatoms. The molecule has 16 heavy (non-hydrogen) atoms. The number of rotatable bonds is 5. The van der Waals surface area contributed by atoms with Gasteiger partial charge in [-0.25, -0.2) is 4.39 Å². The van der Waals surface area contributed by atoms with Crippen LogP contribution in [-0.4, -0.2) is 22.2 Å². The SMILES string of the molecule is CC(C)SCC(O)Cc1cc(F)ccc1Cl. The minimum absolute atomic E-state index is 0.317. The molecule has 0 amide bonds. The highest BCUT2D eigenvalue weighted by Gasteiger charge is 2.10. The fourth-order valence-corrected chi connectivity index (χ4v) is 2.24. The van der Waals surface area contributed by atoms with E-state index < -0.39 is 6.10 Å². The van der Waals surface area contributed by atoms with Crippen molar-refractivity contribution in [2.45, 2.75) is 31.6 Å². The lowest BCUT2D eigenvalue weighted by molar-refractivity contribution is 0.200. The van der Waals surface area contributed by atoms with Crippen LogP contribution in [0.25, 0.3) is 0 Å². The molecule has 1 rings (SSSR count). The zero-order valence-electron chi connectivity index (χ0n) is 9.41. The van der Waals surface area contributed by atoms with Gasteiger partial charge in [-0.3, -0.25) is 0 Å². The zero-order chi connectivity index (χ0) is 12.1. The van der Waals surface area contributed by atoms with Gasteiger partial charge in [0, 0.05) is 17.2 Å². The predicted molar refractivity (Wildman–Crippen MR) is 68.7 cm³/mol. The van der Waals surface area contributed by atoms with Gasteiger partial charge in [-0.2, -0.15) is 11.8 Å². The average Bonchev–Trinajstić information content (AvgIpc) is 2.20. The molecule has 0 aromatic heterocycles. The van der Waals surface area contributed by atoms with Crippen molar-refractivity contribution in [3.63, 3.8) is 0 Å². The first-order valence-corrected chi connectivity index (χ1v) is 6.65. The number of benzene rings is 1. The number of hydrogen-bond acceptors (Lipinski definition) is 2. The van der Waals surface area contributed by atoms with Crippen molar-refractivity contribution in [2.75, 3.05) is 5.75 Å². The Bertz CT molecular complexity index is 344. The molecule has 0 aliphatic rings. The standard InChI is InChI=1S/C12H16ClFOS/c1-8(2)16-7-11(15)6-9-5-10(14)3-4-12(9)13/h3-5,8,11,15H,6-7H2,1-2H3. The van der Waals surface area contributed by atoms with Crippen molar-refractivity contribution in [3.8, 4) is 0 Å². The lowest BCUT2D eigenvalue weighted by Crippen LogP contribution is -2.15. The Morgan fingerprint density at radius 3 is 2.75 bits per heavy atom. The third kappa shape index (κ3) is 4.73. The first-order chi connectivity index (χ1) is 7.49. The molecule has 1 aromatic rings. The van der Waals surface area contributed by atoms with Crippen molar-refractivity contribution in [2.24, 2.45) is 0 Å². The van der Waals surface area contributed by atoms with Crippen LogP contribution in [0.3, 0.4) is 0 Å². The van der Waals surface area contributed by atoms with Gasteiger partial charge >= 0.3 is 0 Å². The van der Waals surface area contributed by atoms with Gasteiger partial charge in [0.1, 0.15) is 5.82 Å². The monoisotopic (exact) mass is 262 g/mol. The smallest absolute Gasteiger partial charge is 0.123 e. The van der Waals surface area contributed by atoms with E-state index in [1.807, 2.05) is 0 Å². The summed E-state index contributed by atoms with van der Waals surface area (Å²) in [7, 11) is 0. The maximum absolute atomic E-state index is 13.0. The predicted octanol–water partition coefficient (Wildman–Crippen LogP) is 3.52. The highest BCUT2D eigenvalue weighted by atomic mass is 35.5. The summed E-state index contributed by atoms with van der Waals surface area (Å²) in [5, 5.41) is 10.8. The second-order valence-corrected chi connectivity index (χ2v) is 5.99. The quantitative estimate of drug-likeness (QED) is 0.876. The molecule has 0 bridgehead atoms. The van der Waals surface area contributed by atoms with Crippen LogP contribution < -0.4 is 0 Å². The molecule has 0 radical (unpaired) electrons. The van der Waals surface area contributed by atoms with E-state index in [-0.39, 0.29) is 5.82 Å². The molecule has 90 valence electrons.